The Morgan fingerprint density at radius 2 is 1.76 bits per heavy atom. The van der Waals surface area contributed by atoms with Gasteiger partial charge in [-0.2, -0.15) is 5.10 Å². The number of carbonyl (C=O) groups excluding carboxylic acids is 2. The quantitative estimate of drug-likeness (QED) is 0.471. The lowest BCUT2D eigenvalue weighted by atomic mass is 10.0. The minimum Gasteiger partial charge on any atom is -0.461 e. The van der Waals surface area contributed by atoms with Crippen LogP contribution in [0.4, 0.5) is 4.39 Å². The number of benzene rings is 2. The van der Waals surface area contributed by atoms with Crippen LogP contribution >= 0.6 is 0 Å². The number of hydrogen-bond acceptors (Lipinski definition) is 4. The molecule has 0 atom stereocenters. The predicted molar refractivity (Wildman–Crippen MR) is 128 cm³/mol. The van der Waals surface area contributed by atoms with Crippen molar-refractivity contribution in [1.29, 1.82) is 0 Å². The minimum atomic E-state index is -0.443. The van der Waals surface area contributed by atoms with Gasteiger partial charge in [0.2, 0.25) is 0 Å². The van der Waals surface area contributed by atoms with E-state index in [0.29, 0.717) is 31.5 Å². The van der Waals surface area contributed by atoms with Crippen LogP contribution in [-0.2, 0) is 11.2 Å². The number of esters is 1. The maximum absolute atomic E-state index is 13.7. The molecule has 4 rings (SSSR count). The molecule has 34 heavy (non-hydrogen) atoms. The van der Waals surface area contributed by atoms with Gasteiger partial charge in [0.25, 0.3) is 5.91 Å². The second-order valence-corrected chi connectivity index (χ2v) is 8.61. The first kappa shape index (κ1) is 23.7. The Kier molecular flexibility index (Phi) is 7.10. The van der Waals surface area contributed by atoms with Crippen molar-refractivity contribution in [2.45, 2.75) is 46.1 Å². The summed E-state index contributed by atoms with van der Waals surface area (Å²) in [6.45, 7) is 7.04. The first-order valence-electron chi connectivity index (χ1n) is 11.8. The van der Waals surface area contributed by atoms with E-state index in [1.165, 1.54) is 17.7 Å². The van der Waals surface area contributed by atoms with E-state index in [1.54, 1.807) is 24.0 Å². The van der Waals surface area contributed by atoms with E-state index in [9.17, 15) is 14.0 Å². The van der Waals surface area contributed by atoms with E-state index < -0.39 is 11.8 Å². The first-order valence-corrected chi connectivity index (χ1v) is 11.8. The van der Waals surface area contributed by atoms with Crippen molar-refractivity contribution < 1.29 is 18.7 Å². The molecule has 0 unspecified atom stereocenters. The molecule has 1 aliphatic heterocycles. The highest BCUT2D eigenvalue weighted by atomic mass is 19.1. The van der Waals surface area contributed by atoms with Gasteiger partial charge in [0.1, 0.15) is 5.82 Å². The van der Waals surface area contributed by atoms with Crippen molar-refractivity contribution in [1.82, 2.24) is 14.7 Å². The zero-order valence-electron chi connectivity index (χ0n) is 19.9. The topological polar surface area (TPSA) is 64.4 Å². The molecule has 6 nitrogen and oxygen atoms in total. The van der Waals surface area contributed by atoms with Gasteiger partial charge in [-0.15, -0.1) is 0 Å². The monoisotopic (exact) mass is 463 g/mol. The van der Waals surface area contributed by atoms with Gasteiger partial charge < -0.3 is 9.64 Å². The fourth-order valence-electron chi connectivity index (χ4n) is 4.41. The Hall–Kier alpha value is -3.48. The molecule has 178 valence electrons. The van der Waals surface area contributed by atoms with E-state index in [1.807, 2.05) is 23.7 Å². The number of aromatic nitrogens is 2. The molecule has 1 aliphatic rings. The molecular formula is C27H30FN3O3. The highest BCUT2D eigenvalue weighted by molar-refractivity contribution is 5.95. The summed E-state index contributed by atoms with van der Waals surface area (Å²) in [5.41, 5.74) is 4.52. The van der Waals surface area contributed by atoms with Crippen molar-refractivity contribution in [3.63, 3.8) is 0 Å². The van der Waals surface area contributed by atoms with E-state index in [4.69, 9.17) is 4.74 Å². The first-order chi connectivity index (χ1) is 16.4. The second kappa shape index (κ2) is 10.2. The number of likely N-dealkylation sites (tertiary alicyclic amines) is 1. The van der Waals surface area contributed by atoms with Crippen molar-refractivity contribution in [2.24, 2.45) is 0 Å². The number of aryl methyl sites for hydroxylation is 2. The third-order valence-corrected chi connectivity index (χ3v) is 6.41. The van der Waals surface area contributed by atoms with E-state index in [2.05, 4.69) is 24.2 Å². The van der Waals surface area contributed by atoms with Crippen LogP contribution < -0.4 is 0 Å². The molecule has 0 N–H and O–H groups in total. The van der Waals surface area contributed by atoms with Gasteiger partial charge in [0.05, 0.1) is 18.3 Å². The number of ether oxygens (including phenoxy) is 1. The molecule has 1 aromatic heterocycles. The second-order valence-electron chi connectivity index (χ2n) is 8.61. The van der Waals surface area contributed by atoms with Crippen molar-refractivity contribution in [2.75, 3.05) is 19.7 Å². The number of amides is 1. The molecule has 1 fully saturated rings. The Morgan fingerprint density at radius 1 is 1.06 bits per heavy atom. The summed E-state index contributed by atoms with van der Waals surface area (Å²) in [4.78, 5) is 27.2. The Morgan fingerprint density at radius 3 is 2.41 bits per heavy atom. The van der Waals surface area contributed by atoms with E-state index in [-0.39, 0.29) is 24.2 Å². The Bertz CT molecular complexity index is 1180. The predicted octanol–water partition coefficient (Wildman–Crippen LogP) is 5.21. The van der Waals surface area contributed by atoms with Crippen molar-refractivity contribution in [3.8, 4) is 11.3 Å². The minimum absolute atomic E-state index is 0.0293. The standard InChI is InChI=1S/C27H30FN3O3/c1-4-19-7-9-20(10-8-19)25-17-24(27(33)34-5-2)29-31(25)22-12-14-30(15-13-22)26(32)23-16-21(28)11-6-18(23)3/h6-11,16-17,22H,4-5,12-15H2,1-3H3. The summed E-state index contributed by atoms with van der Waals surface area (Å²) in [6.07, 6.45) is 2.32. The number of piperidine rings is 1. The lowest BCUT2D eigenvalue weighted by molar-refractivity contribution is 0.0517. The molecular weight excluding hydrogens is 433 g/mol. The number of rotatable bonds is 6. The summed E-state index contributed by atoms with van der Waals surface area (Å²) in [6, 6.07) is 14.4. The Labute approximate surface area is 199 Å². The number of nitrogens with zero attached hydrogens (tertiary/aromatic N) is 3. The normalized spacial score (nSPS) is 14.3. The molecule has 1 saturated heterocycles. The van der Waals surface area contributed by atoms with Crippen LogP contribution in [0.3, 0.4) is 0 Å². The third-order valence-electron chi connectivity index (χ3n) is 6.41. The summed E-state index contributed by atoms with van der Waals surface area (Å²) in [7, 11) is 0. The molecule has 0 spiro atoms. The average molecular weight is 464 g/mol. The maximum Gasteiger partial charge on any atom is 0.358 e. The summed E-state index contributed by atoms with van der Waals surface area (Å²) < 4.78 is 20.8. The average Bonchev–Trinajstić information content (AvgIpc) is 3.31. The smallest absolute Gasteiger partial charge is 0.358 e. The van der Waals surface area contributed by atoms with E-state index in [0.717, 1.165) is 23.2 Å². The highest BCUT2D eigenvalue weighted by Gasteiger charge is 2.28. The summed E-state index contributed by atoms with van der Waals surface area (Å²) in [5, 5.41) is 4.61. The fourth-order valence-corrected chi connectivity index (χ4v) is 4.41. The molecule has 0 bridgehead atoms. The summed E-state index contributed by atoms with van der Waals surface area (Å²) >= 11 is 0. The largest absolute Gasteiger partial charge is 0.461 e. The van der Waals surface area contributed by atoms with Gasteiger partial charge in [-0.25, -0.2) is 9.18 Å². The number of carbonyl (C=O) groups is 2. The zero-order chi connectivity index (χ0) is 24.2. The SMILES string of the molecule is CCOC(=O)c1cc(-c2ccc(CC)cc2)n(C2CCN(C(=O)c3cc(F)ccc3C)CC2)n1. The highest BCUT2D eigenvalue weighted by Crippen LogP contribution is 2.31. The Balaban J connectivity index is 1.57. The lowest BCUT2D eigenvalue weighted by Gasteiger charge is -2.33. The zero-order valence-corrected chi connectivity index (χ0v) is 19.9. The maximum atomic E-state index is 13.7. The fraction of sp³-hybridized carbons (Fsp3) is 0.370. The van der Waals surface area contributed by atoms with Crippen molar-refractivity contribution >= 4 is 11.9 Å². The van der Waals surface area contributed by atoms with Crippen LogP contribution in [0.2, 0.25) is 0 Å². The molecule has 0 radical (unpaired) electrons. The van der Waals surface area contributed by atoms with Gasteiger partial charge in [-0.3, -0.25) is 9.48 Å². The van der Waals surface area contributed by atoms with Crippen LogP contribution in [0.5, 0.6) is 0 Å². The van der Waals surface area contributed by atoms with Gasteiger partial charge in [-0.1, -0.05) is 37.3 Å². The van der Waals surface area contributed by atoms with Crippen molar-refractivity contribution in [3.05, 3.63) is 76.7 Å². The van der Waals surface area contributed by atoms with Crippen LogP contribution in [-0.4, -0.2) is 46.3 Å². The lowest BCUT2D eigenvalue weighted by Crippen LogP contribution is -2.39. The van der Waals surface area contributed by atoms with Crippen LogP contribution in [0, 0.1) is 12.7 Å². The number of hydrogen-bond donors (Lipinski definition) is 0. The van der Waals surface area contributed by atoms with Crippen LogP contribution in [0.1, 0.15) is 64.7 Å². The molecule has 0 saturated carbocycles. The van der Waals surface area contributed by atoms with Gasteiger partial charge in [0.15, 0.2) is 5.69 Å². The van der Waals surface area contributed by atoms with Gasteiger partial charge in [0, 0.05) is 18.7 Å². The van der Waals surface area contributed by atoms with Crippen LogP contribution in [0.15, 0.2) is 48.5 Å². The molecule has 7 heteroatoms. The van der Waals surface area contributed by atoms with E-state index >= 15 is 0 Å². The van der Waals surface area contributed by atoms with Gasteiger partial charge >= 0.3 is 5.97 Å². The third kappa shape index (κ3) is 4.88. The number of halogens is 1. The molecule has 2 aromatic carbocycles. The molecule has 2 heterocycles. The molecule has 1 amide bonds. The summed E-state index contributed by atoms with van der Waals surface area (Å²) in [5.74, 6) is -1.01. The van der Waals surface area contributed by atoms with Crippen LogP contribution in [0.25, 0.3) is 11.3 Å². The van der Waals surface area contributed by atoms with Gasteiger partial charge in [-0.05, 0) is 68.0 Å². The molecule has 0 aliphatic carbocycles. The molecule has 3 aromatic rings.